The van der Waals surface area contributed by atoms with Crippen LogP contribution in [0.15, 0.2) is 48.8 Å². The van der Waals surface area contributed by atoms with Crippen LogP contribution in [-0.4, -0.2) is 22.2 Å². The van der Waals surface area contributed by atoms with Gasteiger partial charge in [0.1, 0.15) is 5.00 Å². The number of hydrogen-bond acceptors (Lipinski definition) is 4. The molecule has 4 rings (SSSR count). The number of aromatic nitrogens is 1. The third-order valence-electron chi connectivity index (χ3n) is 6.03. The molecule has 158 valence electrons. The number of benzene rings is 1. The molecule has 1 unspecified atom stereocenters. The van der Waals surface area contributed by atoms with Crippen molar-refractivity contribution in [2.45, 2.75) is 58.0 Å². The predicted octanol–water partition coefficient (Wildman–Crippen LogP) is 6.56. The topological polar surface area (TPSA) is 65.5 Å². The van der Waals surface area contributed by atoms with Gasteiger partial charge in [-0.05, 0) is 42.8 Å². The van der Waals surface area contributed by atoms with Gasteiger partial charge in [0, 0.05) is 35.2 Å². The molecule has 1 aliphatic rings. The standard InChI is InChI=1S/C24H29N3O2S/c1-17(15-18-7-3-2-4-8-18)26-16-21-20-9-5-6-10-22(20)30-23(21)27(24(28)29)19-11-13-25-14-12-19/h5-6,9-14,17-18,26H,2-4,7-8,15-16H2,1H3,(H,28,29). The lowest BCUT2D eigenvalue weighted by Crippen LogP contribution is -2.30. The van der Waals surface area contributed by atoms with Gasteiger partial charge in [0.15, 0.2) is 0 Å². The van der Waals surface area contributed by atoms with Crippen LogP contribution in [-0.2, 0) is 6.54 Å². The quantitative estimate of drug-likeness (QED) is 0.451. The summed E-state index contributed by atoms with van der Waals surface area (Å²) in [6.07, 6.45) is 10.2. The molecule has 30 heavy (non-hydrogen) atoms. The molecule has 5 nitrogen and oxygen atoms in total. The summed E-state index contributed by atoms with van der Waals surface area (Å²) >= 11 is 1.53. The molecule has 1 aromatic carbocycles. The van der Waals surface area contributed by atoms with Crippen LogP contribution in [0.1, 0.15) is 51.0 Å². The Bertz CT molecular complexity index is 983. The number of carbonyl (C=O) groups is 1. The molecule has 2 heterocycles. The number of fused-ring (bicyclic) bond motifs is 1. The highest BCUT2D eigenvalue weighted by Gasteiger charge is 2.25. The number of nitrogens with one attached hydrogen (secondary N) is 1. The lowest BCUT2D eigenvalue weighted by atomic mass is 9.85. The van der Waals surface area contributed by atoms with Crippen molar-refractivity contribution in [3.05, 3.63) is 54.4 Å². The van der Waals surface area contributed by atoms with Gasteiger partial charge in [0.05, 0.1) is 5.69 Å². The number of anilines is 2. The molecular formula is C24H29N3O2S. The summed E-state index contributed by atoms with van der Waals surface area (Å²) in [4.78, 5) is 17.6. The summed E-state index contributed by atoms with van der Waals surface area (Å²) in [6, 6.07) is 12.0. The number of hydrogen-bond donors (Lipinski definition) is 2. The summed E-state index contributed by atoms with van der Waals surface area (Å²) in [5.41, 5.74) is 1.66. The summed E-state index contributed by atoms with van der Waals surface area (Å²) in [6.45, 7) is 2.91. The summed E-state index contributed by atoms with van der Waals surface area (Å²) < 4.78 is 1.10. The van der Waals surface area contributed by atoms with Crippen LogP contribution in [0.5, 0.6) is 0 Å². The van der Waals surface area contributed by atoms with Crippen molar-refractivity contribution in [2.24, 2.45) is 5.92 Å². The van der Waals surface area contributed by atoms with Crippen molar-refractivity contribution in [1.82, 2.24) is 10.3 Å². The normalized spacial score (nSPS) is 15.9. The van der Waals surface area contributed by atoms with E-state index in [1.807, 2.05) is 12.1 Å². The second-order valence-corrected chi connectivity index (χ2v) is 9.26. The van der Waals surface area contributed by atoms with Crippen LogP contribution in [0.2, 0.25) is 0 Å². The Morgan fingerprint density at radius 1 is 1.20 bits per heavy atom. The second kappa shape index (κ2) is 9.58. The molecule has 1 fully saturated rings. The molecule has 2 aromatic heterocycles. The first-order valence-corrected chi connectivity index (χ1v) is 11.6. The first-order valence-electron chi connectivity index (χ1n) is 10.8. The minimum absolute atomic E-state index is 0.402. The van der Waals surface area contributed by atoms with E-state index in [1.165, 1.54) is 54.8 Å². The first kappa shape index (κ1) is 20.8. The van der Waals surface area contributed by atoms with E-state index < -0.39 is 6.09 Å². The van der Waals surface area contributed by atoms with E-state index in [0.29, 0.717) is 18.3 Å². The van der Waals surface area contributed by atoms with Gasteiger partial charge < -0.3 is 10.4 Å². The zero-order chi connectivity index (χ0) is 20.9. The third kappa shape index (κ3) is 4.65. The van der Waals surface area contributed by atoms with Crippen LogP contribution in [0.25, 0.3) is 10.1 Å². The van der Waals surface area contributed by atoms with Crippen molar-refractivity contribution < 1.29 is 9.90 Å². The van der Waals surface area contributed by atoms with Gasteiger partial charge in [-0.25, -0.2) is 9.69 Å². The van der Waals surface area contributed by atoms with Gasteiger partial charge >= 0.3 is 6.09 Å². The van der Waals surface area contributed by atoms with Gasteiger partial charge in [-0.1, -0.05) is 50.3 Å². The highest BCUT2D eigenvalue weighted by Crippen LogP contribution is 2.41. The fraction of sp³-hybridized carbons (Fsp3) is 0.417. The van der Waals surface area contributed by atoms with Crippen LogP contribution < -0.4 is 10.2 Å². The van der Waals surface area contributed by atoms with E-state index in [2.05, 4.69) is 29.4 Å². The first-order chi connectivity index (χ1) is 14.6. The zero-order valence-corrected chi connectivity index (χ0v) is 18.2. The lowest BCUT2D eigenvalue weighted by molar-refractivity contribution is 0.205. The number of nitrogens with zero attached hydrogens (tertiary/aromatic N) is 2. The smallest absolute Gasteiger partial charge is 0.417 e. The van der Waals surface area contributed by atoms with E-state index in [-0.39, 0.29) is 0 Å². The zero-order valence-electron chi connectivity index (χ0n) is 17.4. The maximum absolute atomic E-state index is 12.2. The molecule has 3 aromatic rings. The maximum Gasteiger partial charge on any atom is 0.417 e. The van der Waals surface area contributed by atoms with E-state index in [4.69, 9.17) is 0 Å². The van der Waals surface area contributed by atoms with Crippen LogP contribution in [0, 0.1) is 5.92 Å². The minimum atomic E-state index is -0.982. The fourth-order valence-corrected chi connectivity index (χ4v) is 5.76. The number of thiophene rings is 1. The average molecular weight is 424 g/mol. The molecule has 0 saturated heterocycles. The van der Waals surface area contributed by atoms with Gasteiger partial charge in [0.25, 0.3) is 0 Å². The molecule has 0 spiro atoms. The molecule has 1 saturated carbocycles. The Morgan fingerprint density at radius 2 is 1.93 bits per heavy atom. The predicted molar refractivity (Wildman–Crippen MR) is 124 cm³/mol. The lowest BCUT2D eigenvalue weighted by Gasteiger charge is -2.25. The van der Waals surface area contributed by atoms with Crippen LogP contribution >= 0.6 is 11.3 Å². The van der Waals surface area contributed by atoms with E-state index in [9.17, 15) is 9.90 Å². The number of amides is 1. The Hall–Kier alpha value is -2.44. The number of pyridine rings is 1. The van der Waals surface area contributed by atoms with E-state index in [1.54, 1.807) is 24.5 Å². The summed E-state index contributed by atoms with van der Waals surface area (Å²) in [7, 11) is 0. The molecule has 1 aliphatic carbocycles. The number of carboxylic acid groups (broad SMARTS) is 1. The SMILES string of the molecule is CC(CC1CCCCC1)NCc1c(N(C(=O)O)c2ccncc2)sc2ccccc12. The average Bonchev–Trinajstić information content (AvgIpc) is 3.11. The molecule has 0 bridgehead atoms. The molecule has 0 aliphatic heterocycles. The maximum atomic E-state index is 12.2. The van der Waals surface area contributed by atoms with Crippen molar-refractivity contribution in [3.63, 3.8) is 0 Å². The molecule has 2 N–H and O–H groups in total. The molecular weight excluding hydrogens is 394 g/mol. The largest absolute Gasteiger partial charge is 0.464 e. The van der Waals surface area contributed by atoms with Crippen LogP contribution in [0.4, 0.5) is 15.5 Å². The van der Waals surface area contributed by atoms with Gasteiger partial charge in [0.2, 0.25) is 0 Å². The highest BCUT2D eigenvalue weighted by molar-refractivity contribution is 7.23. The third-order valence-corrected chi connectivity index (χ3v) is 7.23. The summed E-state index contributed by atoms with van der Waals surface area (Å²) in [5, 5.41) is 15.6. The monoisotopic (exact) mass is 423 g/mol. The molecule has 6 heteroatoms. The van der Waals surface area contributed by atoms with E-state index >= 15 is 0 Å². The Kier molecular flexibility index (Phi) is 6.65. The van der Waals surface area contributed by atoms with Gasteiger partial charge in [-0.2, -0.15) is 0 Å². The van der Waals surface area contributed by atoms with Crippen molar-refractivity contribution >= 4 is 38.2 Å². The Balaban J connectivity index is 1.60. The number of rotatable bonds is 7. The summed E-state index contributed by atoms with van der Waals surface area (Å²) in [5.74, 6) is 0.812. The minimum Gasteiger partial charge on any atom is -0.464 e. The van der Waals surface area contributed by atoms with E-state index in [0.717, 1.165) is 26.6 Å². The fourth-order valence-electron chi connectivity index (χ4n) is 4.53. The second-order valence-electron chi connectivity index (χ2n) is 8.23. The van der Waals surface area contributed by atoms with Gasteiger partial charge in [-0.3, -0.25) is 4.98 Å². The van der Waals surface area contributed by atoms with Crippen molar-refractivity contribution in [3.8, 4) is 0 Å². The van der Waals surface area contributed by atoms with Crippen molar-refractivity contribution in [1.29, 1.82) is 0 Å². The molecule has 0 radical (unpaired) electrons. The molecule has 1 amide bonds. The van der Waals surface area contributed by atoms with Crippen LogP contribution in [0.3, 0.4) is 0 Å². The van der Waals surface area contributed by atoms with Gasteiger partial charge in [-0.15, -0.1) is 11.3 Å². The highest BCUT2D eigenvalue weighted by atomic mass is 32.1. The Labute approximate surface area is 181 Å². The Morgan fingerprint density at radius 3 is 2.67 bits per heavy atom. The van der Waals surface area contributed by atoms with Crippen molar-refractivity contribution in [2.75, 3.05) is 4.90 Å². The molecule has 1 atom stereocenters.